The molecule has 1 aromatic rings. The van der Waals surface area contributed by atoms with Crippen LogP contribution in [0.3, 0.4) is 0 Å². The van der Waals surface area contributed by atoms with Crippen molar-refractivity contribution < 1.29 is 18.1 Å². The normalized spacial score (nSPS) is 12.1. The fourth-order valence-corrected chi connectivity index (χ4v) is 3.36. The molecule has 0 radical (unpaired) electrons. The van der Waals surface area contributed by atoms with Crippen molar-refractivity contribution in [3.8, 4) is 0 Å². The highest BCUT2D eigenvalue weighted by molar-refractivity contribution is 7.89. The first-order valence-corrected chi connectivity index (χ1v) is 7.29. The predicted octanol–water partition coefficient (Wildman–Crippen LogP) is 0.109. The zero-order chi connectivity index (χ0) is 16.4. The quantitative estimate of drug-likeness (QED) is 0.383. The van der Waals surface area contributed by atoms with Crippen LogP contribution in [0.1, 0.15) is 20.3 Å². The Morgan fingerprint density at radius 1 is 1.43 bits per heavy atom. The lowest BCUT2D eigenvalue weighted by Gasteiger charge is -2.24. The van der Waals surface area contributed by atoms with Gasteiger partial charge in [0.05, 0.1) is 4.92 Å². The summed E-state index contributed by atoms with van der Waals surface area (Å²) in [6.07, 6.45) is -0.255. The van der Waals surface area contributed by atoms with Crippen LogP contribution in [-0.2, 0) is 14.8 Å². The van der Waals surface area contributed by atoms with Crippen LogP contribution in [0.5, 0.6) is 0 Å². The number of hydrogen-bond acceptors (Lipinski definition) is 6. The van der Waals surface area contributed by atoms with Crippen LogP contribution >= 0.6 is 0 Å². The van der Waals surface area contributed by atoms with Crippen LogP contribution in [0.25, 0.3) is 0 Å². The van der Waals surface area contributed by atoms with Gasteiger partial charge in [-0.25, -0.2) is 13.1 Å². The number of nitrogen functional groups attached to an aromatic ring is 1. The van der Waals surface area contributed by atoms with Crippen molar-refractivity contribution in [1.29, 1.82) is 0 Å². The third-order valence-electron chi connectivity index (χ3n) is 2.50. The van der Waals surface area contributed by atoms with E-state index in [-0.39, 0.29) is 12.1 Å². The SMILES string of the molecule is CC(C)(CC(N)=O)NS(=O)(=O)c1ccc(N)cc1[N+](=O)[O-]. The maximum atomic E-state index is 12.3. The summed E-state index contributed by atoms with van der Waals surface area (Å²) in [6, 6.07) is 3.23. The first kappa shape index (κ1) is 16.9. The monoisotopic (exact) mass is 316 g/mol. The zero-order valence-corrected chi connectivity index (χ0v) is 12.3. The van der Waals surface area contributed by atoms with Gasteiger partial charge in [-0.3, -0.25) is 14.9 Å². The van der Waals surface area contributed by atoms with E-state index in [9.17, 15) is 23.3 Å². The fourth-order valence-electron chi connectivity index (χ4n) is 1.79. The van der Waals surface area contributed by atoms with Gasteiger partial charge in [-0.2, -0.15) is 0 Å². The number of carbonyl (C=O) groups excluding carboxylic acids is 1. The zero-order valence-electron chi connectivity index (χ0n) is 11.5. The Bertz CT molecular complexity index is 684. The van der Waals surface area contributed by atoms with Crippen molar-refractivity contribution >= 4 is 27.3 Å². The number of nitro benzene ring substituents is 1. The van der Waals surface area contributed by atoms with E-state index in [1.807, 2.05) is 0 Å². The maximum absolute atomic E-state index is 12.3. The van der Waals surface area contributed by atoms with Gasteiger partial charge in [-0.15, -0.1) is 0 Å². The van der Waals surface area contributed by atoms with Gasteiger partial charge < -0.3 is 11.5 Å². The molecule has 116 valence electrons. The maximum Gasteiger partial charge on any atom is 0.291 e. The summed E-state index contributed by atoms with van der Waals surface area (Å²) >= 11 is 0. The summed E-state index contributed by atoms with van der Waals surface area (Å²) in [6.45, 7) is 2.89. The van der Waals surface area contributed by atoms with Crippen LogP contribution in [-0.4, -0.2) is 24.8 Å². The second-order valence-corrected chi connectivity index (χ2v) is 6.77. The standard InChI is InChI=1S/C11H16N4O5S/c1-11(2,6-10(13)16)14-21(19,20)9-4-3-7(12)5-8(9)15(17)18/h3-5,14H,6,12H2,1-2H3,(H2,13,16). The van der Waals surface area contributed by atoms with Gasteiger partial charge in [0.15, 0.2) is 4.90 Å². The molecule has 1 amide bonds. The fraction of sp³-hybridized carbons (Fsp3) is 0.364. The molecule has 9 nitrogen and oxygen atoms in total. The Labute approximate surface area is 121 Å². The number of nitro groups is 1. The molecular formula is C11H16N4O5S. The van der Waals surface area contributed by atoms with Crippen LogP contribution in [0, 0.1) is 10.1 Å². The molecule has 0 bridgehead atoms. The summed E-state index contributed by atoms with van der Waals surface area (Å²) in [4.78, 5) is 20.5. The molecule has 0 aliphatic carbocycles. The molecule has 0 saturated carbocycles. The lowest BCUT2D eigenvalue weighted by molar-refractivity contribution is -0.387. The summed E-state index contributed by atoms with van der Waals surface area (Å²) in [5.74, 6) is -0.700. The van der Waals surface area contributed by atoms with Crippen molar-refractivity contribution in [1.82, 2.24) is 4.72 Å². The number of sulfonamides is 1. The summed E-state index contributed by atoms with van der Waals surface area (Å²) in [5.41, 5.74) is 8.70. The molecule has 1 rings (SSSR count). The molecule has 0 aromatic heterocycles. The van der Waals surface area contributed by atoms with E-state index in [1.54, 1.807) is 0 Å². The van der Waals surface area contributed by atoms with Crippen LogP contribution in [0.4, 0.5) is 11.4 Å². The lowest BCUT2D eigenvalue weighted by atomic mass is 10.0. The molecule has 0 unspecified atom stereocenters. The van der Waals surface area contributed by atoms with Gasteiger partial charge in [-0.05, 0) is 26.0 Å². The lowest BCUT2D eigenvalue weighted by Crippen LogP contribution is -2.46. The van der Waals surface area contributed by atoms with Gasteiger partial charge in [0.1, 0.15) is 0 Å². The Morgan fingerprint density at radius 3 is 2.48 bits per heavy atom. The summed E-state index contributed by atoms with van der Waals surface area (Å²) < 4.78 is 26.7. The number of primary amides is 1. The van der Waals surface area contributed by atoms with Gasteiger partial charge in [0.25, 0.3) is 5.69 Å². The number of hydrogen-bond donors (Lipinski definition) is 3. The van der Waals surface area contributed by atoms with Crippen molar-refractivity contribution in [2.24, 2.45) is 5.73 Å². The highest BCUT2D eigenvalue weighted by Crippen LogP contribution is 2.27. The number of carbonyl (C=O) groups is 1. The van der Waals surface area contributed by atoms with E-state index in [2.05, 4.69) is 4.72 Å². The molecule has 0 fully saturated rings. The highest BCUT2D eigenvalue weighted by Gasteiger charge is 2.32. The minimum absolute atomic E-state index is 0.0667. The smallest absolute Gasteiger partial charge is 0.291 e. The minimum Gasteiger partial charge on any atom is -0.399 e. The van der Waals surface area contributed by atoms with Crippen LogP contribution in [0.2, 0.25) is 0 Å². The van der Waals surface area contributed by atoms with E-state index in [0.29, 0.717) is 0 Å². The van der Waals surface area contributed by atoms with Crippen molar-refractivity contribution in [3.63, 3.8) is 0 Å². The number of benzene rings is 1. The third kappa shape index (κ3) is 4.39. The number of amides is 1. The predicted molar refractivity (Wildman–Crippen MR) is 75.7 cm³/mol. The molecule has 0 saturated heterocycles. The minimum atomic E-state index is -4.21. The van der Waals surface area contributed by atoms with E-state index in [0.717, 1.165) is 12.1 Å². The summed E-state index contributed by atoms with van der Waals surface area (Å²) in [7, 11) is -4.21. The summed E-state index contributed by atoms with van der Waals surface area (Å²) in [5, 5.41) is 10.9. The van der Waals surface area contributed by atoms with Crippen molar-refractivity contribution in [2.75, 3.05) is 5.73 Å². The van der Waals surface area contributed by atoms with Crippen molar-refractivity contribution in [2.45, 2.75) is 30.7 Å². The van der Waals surface area contributed by atoms with Crippen LogP contribution < -0.4 is 16.2 Å². The molecule has 0 aliphatic rings. The van der Waals surface area contributed by atoms with Gasteiger partial charge in [0.2, 0.25) is 15.9 Å². The molecule has 0 aliphatic heterocycles. The molecule has 21 heavy (non-hydrogen) atoms. The molecular weight excluding hydrogens is 300 g/mol. The topological polar surface area (TPSA) is 158 Å². The number of rotatable bonds is 6. The number of nitrogens with two attached hydrogens (primary N) is 2. The molecule has 0 heterocycles. The van der Waals surface area contributed by atoms with Gasteiger partial charge in [-0.1, -0.05) is 0 Å². The first-order valence-electron chi connectivity index (χ1n) is 5.81. The number of nitrogens with zero attached hydrogens (tertiary/aromatic N) is 1. The van der Waals surface area contributed by atoms with E-state index in [1.165, 1.54) is 19.9 Å². The van der Waals surface area contributed by atoms with E-state index >= 15 is 0 Å². The Morgan fingerprint density at radius 2 is 2.00 bits per heavy atom. The van der Waals surface area contributed by atoms with Gasteiger partial charge in [0, 0.05) is 23.7 Å². The van der Waals surface area contributed by atoms with E-state index in [4.69, 9.17) is 11.5 Å². The highest BCUT2D eigenvalue weighted by atomic mass is 32.2. The van der Waals surface area contributed by atoms with Crippen molar-refractivity contribution in [3.05, 3.63) is 28.3 Å². The number of nitrogens with one attached hydrogen (secondary N) is 1. The average molecular weight is 316 g/mol. The molecule has 0 atom stereocenters. The average Bonchev–Trinajstić information content (AvgIpc) is 2.24. The molecule has 0 spiro atoms. The first-order chi connectivity index (χ1) is 9.44. The number of anilines is 1. The third-order valence-corrected chi connectivity index (χ3v) is 4.24. The van der Waals surface area contributed by atoms with Crippen LogP contribution in [0.15, 0.2) is 23.1 Å². The molecule has 1 aromatic carbocycles. The molecule has 10 heteroatoms. The van der Waals surface area contributed by atoms with E-state index < -0.39 is 37.0 Å². The Balaban J connectivity index is 3.26. The Hall–Kier alpha value is -2.20. The largest absolute Gasteiger partial charge is 0.399 e. The van der Waals surface area contributed by atoms with Gasteiger partial charge >= 0.3 is 0 Å². The Kier molecular flexibility index (Phi) is 4.54. The second-order valence-electron chi connectivity index (χ2n) is 5.12. The molecule has 5 N–H and O–H groups in total. The second kappa shape index (κ2) is 5.66.